The Morgan fingerprint density at radius 1 is 0.783 bits per heavy atom. The van der Waals surface area contributed by atoms with E-state index in [1.54, 1.807) is 12.4 Å². The predicted octanol–water partition coefficient (Wildman–Crippen LogP) is 7.11. The van der Waals surface area contributed by atoms with Crippen molar-refractivity contribution in [2.45, 2.75) is 26.6 Å². The number of aliphatic imine (C=N–C) groups is 2. The van der Waals surface area contributed by atoms with Crippen LogP contribution in [0.3, 0.4) is 0 Å². The lowest BCUT2D eigenvalue weighted by Gasteiger charge is -2.09. The molecule has 0 saturated carbocycles. The molecule has 3 aromatic carbocycles. The van der Waals surface area contributed by atoms with Gasteiger partial charge in [-0.1, -0.05) is 104 Å². The first-order valence-electron chi connectivity index (χ1n) is 15.1. The van der Waals surface area contributed by atoms with Gasteiger partial charge in [-0.3, -0.25) is 0 Å². The molecule has 3 heterocycles. The van der Waals surface area contributed by atoms with Crippen molar-refractivity contribution in [3.05, 3.63) is 157 Å². The maximum Gasteiger partial charge on any atom is 0.223 e. The molecule has 3 N–H and O–H groups in total. The lowest BCUT2D eigenvalue weighted by Crippen LogP contribution is -2.17. The van der Waals surface area contributed by atoms with Crippen molar-refractivity contribution < 1.29 is 0 Å². The first-order chi connectivity index (χ1) is 22.7. The fourth-order valence-electron chi connectivity index (χ4n) is 5.02. The van der Waals surface area contributed by atoms with E-state index in [2.05, 4.69) is 51.8 Å². The van der Waals surface area contributed by atoms with Crippen molar-refractivity contribution in [2.24, 2.45) is 9.98 Å². The Morgan fingerprint density at radius 2 is 1.43 bits per heavy atom. The highest BCUT2D eigenvalue weighted by atomic mass is 15.3. The number of benzene rings is 3. The van der Waals surface area contributed by atoms with E-state index in [0.717, 1.165) is 33.7 Å². The number of hydrogen-bond donors (Lipinski definition) is 3. The van der Waals surface area contributed by atoms with Crippen molar-refractivity contribution >= 4 is 29.0 Å². The molecule has 46 heavy (non-hydrogen) atoms. The molecule has 0 radical (unpaired) electrons. The number of hydrogen-bond acceptors (Lipinski definition) is 6. The van der Waals surface area contributed by atoms with Gasteiger partial charge in [-0.25, -0.2) is 24.5 Å². The summed E-state index contributed by atoms with van der Waals surface area (Å²) in [6.45, 7) is 7.49. The number of aromatic nitrogens is 4. The summed E-state index contributed by atoms with van der Waals surface area (Å²) < 4.78 is 1.91. The predicted molar refractivity (Wildman–Crippen MR) is 187 cm³/mol. The van der Waals surface area contributed by atoms with E-state index in [1.807, 2.05) is 102 Å². The van der Waals surface area contributed by atoms with Crippen LogP contribution >= 0.6 is 0 Å². The van der Waals surface area contributed by atoms with Crippen molar-refractivity contribution in [2.75, 3.05) is 10.6 Å². The highest BCUT2D eigenvalue weighted by Gasteiger charge is 2.21. The molecule has 0 aliphatic heterocycles. The number of pyridine rings is 1. The van der Waals surface area contributed by atoms with Gasteiger partial charge in [-0.2, -0.15) is 5.10 Å². The zero-order valence-electron chi connectivity index (χ0n) is 25.6. The van der Waals surface area contributed by atoms with Crippen LogP contribution in [0.25, 0.3) is 16.8 Å². The van der Waals surface area contributed by atoms with Crippen molar-refractivity contribution in [3.8, 4) is 11.3 Å². The smallest absolute Gasteiger partial charge is 0.223 e. The normalized spacial score (nSPS) is 11.8. The molecule has 0 fully saturated rings. The van der Waals surface area contributed by atoms with Crippen LogP contribution in [-0.2, 0) is 19.6 Å². The van der Waals surface area contributed by atoms with E-state index in [9.17, 15) is 0 Å². The topological polar surface area (TPSA) is 104 Å². The van der Waals surface area contributed by atoms with Crippen LogP contribution in [0.15, 0.2) is 144 Å². The molecule has 3 aromatic heterocycles. The van der Waals surface area contributed by atoms with E-state index in [0.29, 0.717) is 42.9 Å². The Bertz CT molecular complexity index is 1960. The zero-order valence-corrected chi connectivity index (χ0v) is 25.6. The molecular formula is C37H35N9. The second kappa shape index (κ2) is 14.6. The van der Waals surface area contributed by atoms with Gasteiger partial charge in [0.1, 0.15) is 11.5 Å². The summed E-state index contributed by atoms with van der Waals surface area (Å²) in [4.78, 5) is 19.0. The third-order valence-electron chi connectivity index (χ3n) is 7.28. The van der Waals surface area contributed by atoms with E-state index in [1.165, 1.54) is 5.56 Å². The number of guanidine groups is 1. The summed E-state index contributed by atoms with van der Waals surface area (Å²) >= 11 is 0. The van der Waals surface area contributed by atoms with Gasteiger partial charge in [0.05, 0.1) is 29.0 Å². The molecular weight excluding hydrogens is 570 g/mol. The fourth-order valence-corrected chi connectivity index (χ4v) is 5.02. The minimum atomic E-state index is 0.440. The summed E-state index contributed by atoms with van der Waals surface area (Å²) in [5.74, 6) is 1.81. The molecule has 0 spiro atoms. The number of rotatable bonds is 11. The quantitative estimate of drug-likeness (QED) is 0.107. The van der Waals surface area contributed by atoms with Gasteiger partial charge < -0.3 is 16.0 Å². The van der Waals surface area contributed by atoms with Crippen LogP contribution in [0.2, 0.25) is 0 Å². The summed E-state index contributed by atoms with van der Waals surface area (Å²) in [5, 5.41) is 15.1. The molecule has 9 heteroatoms. The Labute approximate surface area is 268 Å². The molecule has 0 bridgehead atoms. The van der Waals surface area contributed by atoms with Crippen LogP contribution in [0, 0.1) is 0 Å². The van der Waals surface area contributed by atoms with E-state index >= 15 is 0 Å². The van der Waals surface area contributed by atoms with Gasteiger partial charge in [0.25, 0.3) is 0 Å². The maximum atomic E-state index is 5.09. The van der Waals surface area contributed by atoms with Gasteiger partial charge in [0.2, 0.25) is 11.9 Å². The van der Waals surface area contributed by atoms with Gasteiger partial charge >= 0.3 is 0 Å². The zero-order chi connectivity index (χ0) is 31.6. The standard InChI is InChI=1S/C37H35N9/c1-3-38-36(41-25-29-16-9-5-10-17-29)43-27(2)35-34(31-22-23-39-37(44-31)42-26-30-18-11-6-12-19-30)32-20-13-21-33(46(32)45-35)40-24-28-14-7-4-8-15-28/h3-23,40H,1,24-26H2,2H3,(H,38,41)(H,39,42,44)/b43-27+. The van der Waals surface area contributed by atoms with E-state index in [4.69, 9.17) is 20.1 Å². The molecule has 9 nitrogen and oxygen atoms in total. The largest absolute Gasteiger partial charge is 0.366 e. The average molecular weight is 606 g/mol. The van der Waals surface area contributed by atoms with Crippen LogP contribution in [-0.4, -0.2) is 31.3 Å². The lowest BCUT2D eigenvalue weighted by molar-refractivity contribution is 0.937. The summed E-state index contributed by atoms with van der Waals surface area (Å²) in [6.07, 6.45) is 3.34. The number of nitrogens with zero attached hydrogens (tertiary/aromatic N) is 6. The fraction of sp³-hybridized carbons (Fsp3) is 0.108. The van der Waals surface area contributed by atoms with Gasteiger partial charge in [0.15, 0.2) is 0 Å². The first-order valence-corrected chi connectivity index (χ1v) is 15.1. The van der Waals surface area contributed by atoms with Crippen molar-refractivity contribution in [3.63, 3.8) is 0 Å². The Balaban J connectivity index is 1.40. The van der Waals surface area contributed by atoms with Crippen molar-refractivity contribution in [1.82, 2.24) is 24.9 Å². The molecule has 0 atom stereocenters. The molecule has 0 saturated heterocycles. The molecule has 6 rings (SSSR count). The summed E-state index contributed by atoms with van der Waals surface area (Å²) in [6, 6.07) is 38.5. The second-order valence-corrected chi connectivity index (χ2v) is 10.5. The van der Waals surface area contributed by atoms with Crippen molar-refractivity contribution in [1.29, 1.82) is 0 Å². The molecule has 228 valence electrons. The third-order valence-corrected chi connectivity index (χ3v) is 7.28. The number of fused-ring (bicyclic) bond motifs is 1. The maximum absolute atomic E-state index is 5.09. The lowest BCUT2D eigenvalue weighted by atomic mass is 10.1. The van der Waals surface area contributed by atoms with Gasteiger partial charge in [-0.05, 0) is 48.0 Å². The average Bonchev–Trinajstić information content (AvgIpc) is 3.51. The SMILES string of the molecule is C=CNC(=NCc1ccccc1)/N=C(\C)c1nn2c(NCc3ccccc3)cccc2c1-c1ccnc(NCc2ccccc2)n1. The molecule has 0 unspecified atom stereocenters. The Morgan fingerprint density at radius 3 is 2.11 bits per heavy atom. The highest BCUT2D eigenvalue weighted by Crippen LogP contribution is 2.30. The summed E-state index contributed by atoms with van der Waals surface area (Å²) in [5.41, 5.74) is 7.20. The van der Waals surface area contributed by atoms with Crippen LogP contribution < -0.4 is 16.0 Å². The van der Waals surface area contributed by atoms with E-state index in [-0.39, 0.29) is 0 Å². The van der Waals surface area contributed by atoms with Gasteiger partial charge in [0, 0.05) is 19.3 Å². The van der Waals surface area contributed by atoms with Crippen LogP contribution in [0.5, 0.6) is 0 Å². The van der Waals surface area contributed by atoms with Crippen LogP contribution in [0.4, 0.5) is 11.8 Å². The number of nitrogens with one attached hydrogen (secondary N) is 3. The van der Waals surface area contributed by atoms with Crippen LogP contribution in [0.1, 0.15) is 29.3 Å². The minimum Gasteiger partial charge on any atom is -0.366 e. The molecule has 0 aliphatic carbocycles. The first kappa shape index (κ1) is 30.0. The monoisotopic (exact) mass is 605 g/mol. The second-order valence-electron chi connectivity index (χ2n) is 10.5. The van der Waals surface area contributed by atoms with E-state index < -0.39 is 0 Å². The molecule has 0 aliphatic rings. The number of anilines is 2. The Kier molecular flexibility index (Phi) is 9.50. The highest BCUT2D eigenvalue weighted by molar-refractivity contribution is 6.10. The molecule has 0 amide bonds. The minimum absolute atomic E-state index is 0.440. The third kappa shape index (κ3) is 7.34. The Hall–Kier alpha value is -6.09. The van der Waals surface area contributed by atoms with Gasteiger partial charge in [-0.15, -0.1) is 0 Å². The summed E-state index contributed by atoms with van der Waals surface area (Å²) in [7, 11) is 0. The molecule has 6 aromatic rings.